The molecule has 0 aromatic carbocycles. The summed E-state index contributed by atoms with van der Waals surface area (Å²) in [5.74, 6) is -0.296. The molecule has 2 rings (SSSR count). The molecule has 1 amide bonds. The number of nitrogens with zero attached hydrogens (tertiary/aromatic N) is 2. The number of pyridine rings is 1. The summed E-state index contributed by atoms with van der Waals surface area (Å²) in [5, 5.41) is 12.8. The molecule has 0 radical (unpaired) electrons. The van der Waals surface area contributed by atoms with Crippen LogP contribution >= 0.6 is 22.9 Å². The lowest BCUT2D eigenvalue weighted by Gasteiger charge is -2.05. The zero-order valence-electron chi connectivity index (χ0n) is 11.2. The molecule has 2 aromatic rings. The van der Waals surface area contributed by atoms with E-state index < -0.39 is 0 Å². The first-order valence-corrected chi connectivity index (χ1v) is 7.07. The number of amides is 1. The number of nitriles is 1. The molecule has 0 bridgehead atoms. The van der Waals surface area contributed by atoms with Gasteiger partial charge in [0.05, 0.1) is 5.56 Å². The Hall–Kier alpha value is -1.90. The molecule has 0 aliphatic rings. The molecule has 0 fully saturated rings. The van der Waals surface area contributed by atoms with E-state index in [1.165, 1.54) is 17.4 Å². The summed E-state index contributed by atoms with van der Waals surface area (Å²) in [6.07, 6.45) is 0. The number of carbonyl (C=O) groups excluding carboxylic acids is 1. The molecule has 0 spiro atoms. The summed E-state index contributed by atoms with van der Waals surface area (Å²) in [4.78, 5) is 17.2. The van der Waals surface area contributed by atoms with Crippen LogP contribution in [-0.2, 0) is 0 Å². The van der Waals surface area contributed by atoms with Gasteiger partial charge in [0.25, 0.3) is 5.91 Å². The van der Waals surface area contributed by atoms with Crippen molar-refractivity contribution in [2.24, 2.45) is 0 Å². The average Bonchev–Trinajstić information content (AvgIpc) is 2.63. The third kappa shape index (κ3) is 2.82. The first-order chi connectivity index (χ1) is 9.42. The molecule has 2 heterocycles. The number of nitrogens with one attached hydrogen (secondary N) is 1. The van der Waals surface area contributed by atoms with Crippen molar-refractivity contribution >= 4 is 33.8 Å². The van der Waals surface area contributed by atoms with Crippen molar-refractivity contribution in [2.45, 2.75) is 20.8 Å². The molecule has 4 nitrogen and oxygen atoms in total. The largest absolute Gasteiger partial charge is 0.312 e. The third-order valence-corrected chi connectivity index (χ3v) is 4.22. The zero-order valence-corrected chi connectivity index (χ0v) is 12.8. The lowest BCUT2D eigenvalue weighted by atomic mass is 10.2. The van der Waals surface area contributed by atoms with Crippen LogP contribution in [0, 0.1) is 32.1 Å². The average molecular weight is 306 g/mol. The van der Waals surface area contributed by atoms with Crippen LogP contribution in [0.1, 0.15) is 32.1 Å². The Balaban J connectivity index is 2.33. The minimum Gasteiger partial charge on any atom is -0.312 e. The number of aryl methyl sites for hydroxylation is 2. The van der Waals surface area contributed by atoms with Crippen LogP contribution in [0.3, 0.4) is 0 Å². The van der Waals surface area contributed by atoms with Crippen LogP contribution in [0.4, 0.5) is 5.00 Å². The van der Waals surface area contributed by atoms with E-state index in [1.54, 1.807) is 13.0 Å². The maximum atomic E-state index is 12.2. The predicted molar refractivity (Wildman–Crippen MR) is 80.4 cm³/mol. The van der Waals surface area contributed by atoms with Gasteiger partial charge in [0.15, 0.2) is 0 Å². The number of carbonyl (C=O) groups is 1. The van der Waals surface area contributed by atoms with Gasteiger partial charge >= 0.3 is 0 Å². The summed E-state index contributed by atoms with van der Waals surface area (Å²) in [6.45, 7) is 5.56. The van der Waals surface area contributed by atoms with E-state index >= 15 is 0 Å². The van der Waals surface area contributed by atoms with Crippen LogP contribution in [0.2, 0.25) is 5.15 Å². The molecule has 0 aliphatic carbocycles. The van der Waals surface area contributed by atoms with Crippen molar-refractivity contribution in [1.82, 2.24) is 4.98 Å². The second kappa shape index (κ2) is 5.61. The fourth-order valence-corrected chi connectivity index (χ4v) is 3.04. The Morgan fingerprint density at radius 3 is 2.70 bits per heavy atom. The fourth-order valence-electron chi connectivity index (χ4n) is 1.78. The van der Waals surface area contributed by atoms with Crippen molar-refractivity contribution in [3.8, 4) is 6.07 Å². The van der Waals surface area contributed by atoms with Gasteiger partial charge in [-0.05, 0) is 38.5 Å². The maximum absolute atomic E-state index is 12.2. The van der Waals surface area contributed by atoms with Crippen molar-refractivity contribution in [2.75, 3.05) is 5.32 Å². The molecule has 0 atom stereocenters. The summed E-state index contributed by atoms with van der Waals surface area (Å²) in [6, 6.07) is 5.28. The van der Waals surface area contributed by atoms with Crippen LogP contribution in [0.15, 0.2) is 12.1 Å². The number of hydrogen-bond acceptors (Lipinski definition) is 4. The van der Waals surface area contributed by atoms with Crippen LogP contribution in [-0.4, -0.2) is 10.9 Å². The van der Waals surface area contributed by atoms with Crippen LogP contribution < -0.4 is 5.32 Å². The predicted octanol–water partition coefficient (Wildman–Crippen LogP) is 3.85. The number of rotatable bonds is 2. The second-order valence-corrected chi connectivity index (χ2v) is 5.99. The SMILES string of the molecule is Cc1cc(C(=O)Nc2sc(C)c(C)c2C#N)cc(Cl)n1. The van der Waals surface area contributed by atoms with Gasteiger partial charge in [-0.3, -0.25) is 4.79 Å². The molecule has 0 saturated heterocycles. The lowest BCUT2D eigenvalue weighted by Crippen LogP contribution is -2.12. The van der Waals surface area contributed by atoms with Gasteiger partial charge in [-0.1, -0.05) is 11.6 Å². The molecular formula is C14H12ClN3OS. The quantitative estimate of drug-likeness (QED) is 0.857. The number of thiophene rings is 1. The molecule has 6 heteroatoms. The third-order valence-electron chi connectivity index (χ3n) is 2.91. The standard InChI is InChI=1S/C14H12ClN3OS/c1-7-4-10(5-12(15)17-7)13(19)18-14-11(6-16)8(2)9(3)20-14/h4-5H,1-3H3,(H,18,19). The Morgan fingerprint density at radius 2 is 2.10 bits per heavy atom. The van der Waals surface area contributed by atoms with Gasteiger partial charge in [-0.25, -0.2) is 4.98 Å². The molecular weight excluding hydrogens is 294 g/mol. The Bertz CT molecular complexity index is 711. The Morgan fingerprint density at radius 1 is 1.40 bits per heavy atom. The van der Waals surface area contributed by atoms with Crippen molar-refractivity contribution in [3.63, 3.8) is 0 Å². The highest BCUT2D eigenvalue weighted by Crippen LogP contribution is 2.32. The highest BCUT2D eigenvalue weighted by atomic mass is 35.5. The van der Waals surface area contributed by atoms with Crippen LogP contribution in [0.25, 0.3) is 0 Å². The second-order valence-electron chi connectivity index (χ2n) is 4.37. The van der Waals surface area contributed by atoms with Gasteiger partial charge in [-0.15, -0.1) is 11.3 Å². The number of hydrogen-bond donors (Lipinski definition) is 1. The maximum Gasteiger partial charge on any atom is 0.256 e. The van der Waals surface area contributed by atoms with Gasteiger partial charge in [-0.2, -0.15) is 5.26 Å². The molecule has 0 saturated carbocycles. The number of anilines is 1. The Kier molecular flexibility index (Phi) is 4.07. The van der Waals surface area contributed by atoms with E-state index in [0.717, 1.165) is 10.4 Å². The monoisotopic (exact) mass is 305 g/mol. The molecule has 1 N–H and O–H groups in total. The number of aromatic nitrogens is 1. The van der Waals surface area contributed by atoms with Crippen LogP contribution in [0.5, 0.6) is 0 Å². The van der Waals surface area contributed by atoms with E-state index in [0.29, 0.717) is 21.8 Å². The lowest BCUT2D eigenvalue weighted by molar-refractivity contribution is 0.102. The normalized spacial score (nSPS) is 10.2. The van der Waals surface area contributed by atoms with Gasteiger partial charge in [0, 0.05) is 16.1 Å². The first-order valence-electron chi connectivity index (χ1n) is 5.88. The van der Waals surface area contributed by atoms with E-state index in [1.807, 2.05) is 13.8 Å². The van der Waals surface area contributed by atoms with E-state index in [2.05, 4.69) is 16.4 Å². The van der Waals surface area contributed by atoms with Crippen molar-refractivity contribution < 1.29 is 4.79 Å². The highest BCUT2D eigenvalue weighted by molar-refractivity contribution is 7.16. The van der Waals surface area contributed by atoms with E-state index in [-0.39, 0.29) is 11.1 Å². The highest BCUT2D eigenvalue weighted by Gasteiger charge is 2.16. The minimum atomic E-state index is -0.296. The molecule has 0 aliphatic heterocycles. The molecule has 0 unspecified atom stereocenters. The molecule has 20 heavy (non-hydrogen) atoms. The minimum absolute atomic E-state index is 0.272. The zero-order chi connectivity index (χ0) is 14.9. The Labute approximate surface area is 126 Å². The molecule has 102 valence electrons. The summed E-state index contributed by atoms with van der Waals surface area (Å²) >= 11 is 7.24. The van der Waals surface area contributed by atoms with E-state index in [9.17, 15) is 4.79 Å². The van der Waals surface area contributed by atoms with Crippen molar-refractivity contribution in [3.05, 3.63) is 44.5 Å². The summed E-state index contributed by atoms with van der Waals surface area (Å²) in [7, 11) is 0. The summed E-state index contributed by atoms with van der Waals surface area (Å²) < 4.78 is 0. The number of halogens is 1. The van der Waals surface area contributed by atoms with Crippen molar-refractivity contribution in [1.29, 1.82) is 5.26 Å². The van der Waals surface area contributed by atoms with Gasteiger partial charge < -0.3 is 5.32 Å². The smallest absolute Gasteiger partial charge is 0.256 e. The summed E-state index contributed by atoms with van der Waals surface area (Å²) in [5.41, 5.74) is 2.51. The molecule has 2 aromatic heterocycles. The topological polar surface area (TPSA) is 65.8 Å². The van der Waals surface area contributed by atoms with Gasteiger partial charge in [0.2, 0.25) is 0 Å². The van der Waals surface area contributed by atoms with E-state index in [4.69, 9.17) is 16.9 Å². The fraction of sp³-hybridized carbons (Fsp3) is 0.214. The van der Waals surface area contributed by atoms with Gasteiger partial charge in [0.1, 0.15) is 16.2 Å². The first kappa shape index (κ1) is 14.5.